The first kappa shape index (κ1) is 21.6. The van der Waals surface area contributed by atoms with Crippen molar-refractivity contribution in [3.05, 3.63) is 87.4 Å². The van der Waals surface area contributed by atoms with Crippen molar-refractivity contribution in [3.8, 4) is 0 Å². The Labute approximate surface area is 196 Å². The SMILES string of the molecule is CN(C(=O)c1n[nH]c2c1CN(C(=O)Cc1ccc(F)c(Cl)c1)CC2)C1(c2ccccc2)CC1. The third-order valence-corrected chi connectivity index (χ3v) is 7.10. The quantitative estimate of drug-likeness (QED) is 0.615. The number of aromatic amines is 1. The summed E-state index contributed by atoms with van der Waals surface area (Å²) >= 11 is 5.85. The van der Waals surface area contributed by atoms with Gasteiger partial charge in [0.05, 0.1) is 17.0 Å². The summed E-state index contributed by atoms with van der Waals surface area (Å²) in [5.41, 5.74) is 3.52. The monoisotopic (exact) mass is 466 g/mol. The van der Waals surface area contributed by atoms with Crippen molar-refractivity contribution in [2.75, 3.05) is 13.6 Å². The summed E-state index contributed by atoms with van der Waals surface area (Å²) in [6.45, 7) is 0.840. The van der Waals surface area contributed by atoms with Crippen molar-refractivity contribution in [1.82, 2.24) is 20.0 Å². The number of hydrogen-bond acceptors (Lipinski definition) is 3. The van der Waals surface area contributed by atoms with E-state index in [1.807, 2.05) is 25.2 Å². The molecule has 5 rings (SSSR count). The van der Waals surface area contributed by atoms with Crippen LogP contribution in [0, 0.1) is 5.82 Å². The minimum absolute atomic E-state index is 0.000550. The number of hydrogen-bond donors (Lipinski definition) is 1. The van der Waals surface area contributed by atoms with Crippen molar-refractivity contribution in [3.63, 3.8) is 0 Å². The van der Waals surface area contributed by atoms with Crippen LogP contribution in [0.15, 0.2) is 48.5 Å². The highest BCUT2D eigenvalue weighted by atomic mass is 35.5. The molecule has 33 heavy (non-hydrogen) atoms. The maximum atomic E-state index is 13.5. The van der Waals surface area contributed by atoms with Gasteiger partial charge in [-0.15, -0.1) is 0 Å². The number of fused-ring (bicyclic) bond motifs is 1. The number of aromatic nitrogens is 2. The van der Waals surface area contributed by atoms with Crippen LogP contribution >= 0.6 is 11.6 Å². The molecule has 0 radical (unpaired) electrons. The van der Waals surface area contributed by atoms with E-state index in [1.165, 1.54) is 12.1 Å². The molecule has 0 spiro atoms. The molecule has 8 heteroatoms. The topological polar surface area (TPSA) is 69.3 Å². The van der Waals surface area contributed by atoms with Gasteiger partial charge >= 0.3 is 0 Å². The standard InChI is InChI=1S/C25H24ClFN4O2/c1-30(25(10-11-25)17-5-3-2-4-6-17)24(33)23-18-15-31(12-9-21(18)28-29-23)22(32)14-16-7-8-20(27)19(26)13-16/h2-8,13H,9-12,14-15H2,1H3,(H,28,29). The zero-order valence-corrected chi connectivity index (χ0v) is 19.0. The Morgan fingerprint density at radius 1 is 1.21 bits per heavy atom. The minimum Gasteiger partial charge on any atom is -0.338 e. The molecule has 2 aromatic carbocycles. The highest BCUT2D eigenvalue weighted by Crippen LogP contribution is 2.50. The van der Waals surface area contributed by atoms with Crippen molar-refractivity contribution < 1.29 is 14.0 Å². The number of carbonyl (C=O) groups is 2. The number of nitrogens with one attached hydrogen (secondary N) is 1. The predicted molar refractivity (Wildman–Crippen MR) is 122 cm³/mol. The van der Waals surface area contributed by atoms with Gasteiger partial charge in [-0.05, 0) is 36.1 Å². The second-order valence-corrected chi connectivity index (χ2v) is 9.19. The Kier molecular flexibility index (Phi) is 5.44. The molecule has 1 N–H and O–H groups in total. The van der Waals surface area contributed by atoms with Crippen molar-refractivity contribution in [2.24, 2.45) is 0 Å². The van der Waals surface area contributed by atoms with Crippen LogP contribution in [0.4, 0.5) is 4.39 Å². The van der Waals surface area contributed by atoms with Gasteiger partial charge < -0.3 is 9.80 Å². The van der Waals surface area contributed by atoms with E-state index < -0.39 is 5.82 Å². The summed E-state index contributed by atoms with van der Waals surface area (Å²) in [6, 6.07) is 14.4. The van der Waals surface area contributed by atoms with Crippen molar-refractivity contribution in [1.29, 1.82) is 0 Å². The van der Waals surface area contributed by atoms with E-state index in [4.69, 9.17) is 11.6 Å². The summed E-state index contributed by atoms with van der Waals surface area (Å²) in [5, 5.41) is 7.34. The molecular formula is C25H24ClFN4O2. The van der Waals surface area contributed by atoms with Crippen LogP contribution in [0.3, 0.4) is 0 Å². The molecule has 3 aromatic rings. The molecule has 0 atom stereocenters. The van der Waals surface area contributed by atoms with Crippen LogP contribution in [-0.2, 0) is 29.7 Å². The first-order valence-electron chi connectivity index (χ1n) is 11.0. The molecule has 6 nitrogen and oxygen atoms in total. The first-order valence-corrected chi connectivity index (χ1v) is 11.4. The van der Waals surface area contributed by atoms with Gasteiger partial charge in [-0.25, -0.2) is 4.39 Å². The number of H-pyrrole nitrogens is 1. The Bertz CT molecular complexity index is 1220. The van der Waals surface area contributed by atoms with Gasteiger partial charge in [0.15, 0.2) is 5.69 Å². The van der Waals surface area contributed by atoms with E-state index in [0.29, 0.717) is 30.8 Å². The molecular weight excluding hydrogens is 443 g/mol. The highest BCUT2D eigenvalue weighted by Gasteiger charge is 2.50. The lowest BCUT2D eigenvalue weighted by atomic mass is 10.0. The third-order valence-electron chi connectivity index (χ3n) is 6.81. The van der Waals surface area contributed by atoms with Gasteiger partial charge in [0, 0.05) is 37.8 Å². The van der Waals surface area contributed by atoms with E-state index in [1.54, 1.807) is 15.9 Å². The number of amides is 2. The lowest BCUT2D eigenvalue weighted by Gasteiger charge is -2.30. The zero-order chi connectivity index (χ0) is 23.2. The fourth-order valence-electron chi connectivity index (χ4n) is 4.66. The molecule has 1 aliphatic heterocycles. The summed E-state index contributed by atoms with van der Waals surface area (Å²) in [4.78, 5) is 29.9. The summed E-state index contributed by atoms with van der Waals surface area (Å²) in [7, 11) is 1.83. The van der Waals surface area contributed by atoms with E-state index in [0.717, 1.165) is 29.7 Å². The van der Waals surface area contributed by atoms with Crippen LogP contribution in [0.25, 0.3) is 0 Å². The van der Waals surface area contributed by atoms with Crippen LogP contribution in [0.1, 0.15) is 45.7 Å². The molecule has 1 aliphatic carbocycles. The Morgan fingerprint density at radius 2 is 1.97 bits per heavy atom. The second kappa shape index (κ2) is 8.30. The first-order chi connectivity index (χ1) is 15.9. The second-order valence-electron chi connectivity index (χ2n) is 8.78. The maximum absolute atomic E-state index is 13.5. The van der Waals surface area contributed by atoms with Gasteiger partial charge in [0.1, 0.15) is 5.82 Å². The van der Waals surface area contributed by atoms with Crippen LogP contribution < -0.4 is 0 Å². The molecule has 1 saturated carbocycles. The van der Waals surface area contributed by atoms with Gasteiger partial charge in [-0.2, -0.15) is 5.10 Å². The fourth-order valence-corrected chi connectivity index (χ4v) is 4.86. The molecule has 0 bridgehead atoms. The molecule has 2 aliphatic rings. The van der Waals surface area contributed by atoms with E-state index in [-0.39, 0.29) is 28.8 Å². The van der Waals surface area contributed by atoms with Crippen LogP contribution in [0.2, 0.25) is 5.02 Å². The predicted octanol–water partition coefficient (Wildman–Crippen LogP) is 4.09. The minimum atomic E-state index is -0.509. The van der Waals surface area contributed by atoms with Gasteiger partial charge in [-0.1, -0.05) is 48.0 Å². The molecule has 1 fully saturated rings. The summed E-state index contributed by atoms with van der Waals surface area (Å²) in [5.74, 6) is -0.752. The number of carbonyl (C=O) groups excluding carboxylic acids is 2. The van der Waals surface area contributed by atoms with Crippen LogP contribution in [0.5, 0.6) is 0 Å². The molecule has 0 unspecified atom stereocenters. The largest absolute Gasteiger partial charge is 0.338 e. The maximum Gasteiger partial charge on any atom is 0.275 e. The molecule has 1 aromatic heterocycles. The molecule has 0 saturated heterocycles. The van der Waals surface area contributed by atoms with Gasteiger partial charge in [0.25, 0.3) is 5.91 Å². The highest BCUT2D eigenvalue weighted by molar-refractivity contribution is 6.30. The van der Waals surface area contributed by atoms with E-state index >= 15 is 0 Å². The summed E-state index contributed by atoms with van der Waals surface area (Å²) in [6.07, 6.45) is 2.54. The van der Waals surface area contributed by atoms with Crippen LogP contribution in [-0.4, -0.2) is 45.4 Å². The molecule has 2 amide bonds. The van der Waals surface area contributed by atoms with E-state index in [9.17, 15) is 14.0 Å². The number of nitrogens with zero attached hydrogens (tertiary/aromatic N) is 3. The normalized spacial score (nSPS) is 16.3. The average Bonchev–Trinajstić information content (AvgIpc) is 3.54. The number of halogens is 2. The molecule has 2 heterocycles. The Balaban J connectivity index is 1.33. The van der Waals surface area contributed by atoms with Crippen molar-refractivity contribution >= 4 is 23.4 Å². The summed E-state index contributed by atoms with van der Waals surface area (Å²) < 4.78 is 13.4. The van der Waals surface area contributed by atoms with Gasteiger partial charge in [0.2, 0.25) is 5.91 Å². The molecule has 170 valence electrons. The third kappa shape index (κ3) is 3.91. The lowest BCUT2D eigenvalue weighted by molar-refractivity contribution is -0.131. The lowest BCUT2D eigenvalue weighted by Crippen LogP contribution is -2.40. The smallest absolute Gasteiger partial charge is 0.275 e. The average molecular weight is 467 g/mol. The Hall–Kier alpha value is -3.19. The Morgan fingerprint density at radius 3 is 2.67 bits per heavy atom. The zero-order valence-electron chi connectivity index (χ0n) is 18.3. The number of rotatable bonds is 5. The van der Waals surface area contributed by atoms with E-state index in [2.05, 4.69) is 22.3 Å². The van der Waals surface area contributed by atoms with Crippen molar-refractivity contribution in [2.45, 2.75) is 37.8 Å². The fraction of sp³-hybridized carbons (Fsp3) is 0.320. The van der Waals surface area contributed by atoms with Gasteiger partial charge in [-0.3, -0.25) is 14.7 Å². The number of benzene rings is 2.